The molecule has 0 aliphatic rings. The van der Waals surface area contributed by atoms with Crippen LogP contribution in [0.4, 0.5) is 5.13 Å². The molecule has 28 heavy (non-hydrogen) atoms. The van der Waals surface area contributed by atoms with Crippen LogP contribution in [0.25, 0.3) is 10.2 Å². The summed E-state index contributed by atoms with van der Waals surface area (Å²) in [5, 5.41) is 3.52. The lowest BCUT2D eigenvalue weighted by atomic mass is 10.1. The molecule has 0 saturated carbocycles. The fraction of sp³-hybridized carbons (Fsp3) is 0.130. The highest BCUT2D eigenvalue weighted by Crippen LogP contribution is 2.31. The molecule has 1 amide bonds. The van der Waals surface area contributed by atoms with Gasteiger partial charge in [-0.15, -0.1) is 0 Å². The number of benzene rings is 3. The molecule has 1 aromatic heterocycles. The Morgan fingerprint density at radius 3 is 2.57 bits per heavy atom. The van der Waals surface area contributed by atoms with Gasteiger partial charge in [0.2, 0.25) is 0 Å². The van der Waals surface area contributed by atoms with Crippen molar-refractivity contribution in [3.8, 4) is 5.75 Å². The van der Waals surface area contributed by atoms with E-state index in [9.17, 15) is 4.79 Å². The fourth-order valence-corrected chi connectivity index (χ4v) is 3.96. The molecule has 0 fully saturated rings. The Morgan fingerprint density at radius 1 is 1.00 bits per heavy atom. The standard InChI is InChI=1S/C23H20N2O2S/c1-15-11-12-16(2)21-20(15)24-23(28-21)25-22(26)18-9-6-10-19(13-18)27-14-17-7-4-3-5-8-17/h3-13H,14H2,1-2H3,(H,24,25,26). The highest BCUT2D eigenvalue weighted by molar-refractivity contribution is 7.22. The van der Waals surface area contributed by atoms with Crippen molar-refractivity contribution < 1.29 is 9.53 Å². The van der Waals surface area contributed by atoms with Gasteiger partial charge in [-0.3, -0.25) is 10.1 Å². The Balaban J connectivity index is 1.49. The largest absolute Gasteiger partial charge is 0.489 e. The van der Waals surface area contributed by atoms with Crippen molar-refractivity contribution in [1.82, 2.24) is 4.98 Å². The van der Waals surface area contributed by atoms with E-state index in [1.165, 1.54) is 11.3 Å². The van der Waals surface area contributed by atoms with Gasteiger partial charge in [0.1, 0.15) is 12.4 Å². The normalized spacial score (nSPS) is 10.8. The average molecular weight is 388 g/mol. The summed E-state index contributed by atoms with van der Waals surface area (Å²) in [5.41, 5.74) is 4.83. The van der Waals surface area contributed by atoms with E-state index in [1.807, 2.05) is 49.4 Å². The van der Waals surface area contributed by atoms with Crippen LogP contribution >= 0.6 is 11.3 Å². The van der Waals surface area contributed by atoms with E-state index in [-0.39, 0.29) is 5.91 Å². The summed E-state index contributed by atoms with van der Waals surface area (Å²) in [6.07, 6.45) is 0. The number of carbonyl (C=O) groups is 1. The second-order valence-corrected chi connectivity index (χ2v) is 7.65. The number of hydrogen-bond acceptors (Lipinski definition) is 4. The van der Waals surface area contributed by atoms with Gasteiger partial charge < -0.3 is 4.74 Å². The van der Waals surface area contributed by atoms with E-state index < -0.39 is 0 Å². The number of anilines is 1. The third-order valence-electron chi connectivity index (χ3n) is 4.51. The molecule has 140 valence electrons. The zero-order valence-electron chi connectivity index (χ0n) is 15.7. The van der Waals surface area contributed by atoms with Crippen molar-refractivity contribution in [1.29, 1.82) is 0 Å². The van der Waals surface area contributed by atoms with Gasteiger partial charge in [-0.05, 0) is 48.7 Å². The summed E-state index contributed by atoms with van der Waals surface area (Å²) in [6.45, 7) is 4.54. The van der Waals surface area contributed by atoms with Crippen molar-refractivity contribution in [2.24, 2.45) is 0 Å². The molecule has 0 bridgehead atoms. The number of carbonyl (C=O) groups excluding carboxylic acids is 1. The summed E-state index contributed by atoms with van der Waals surface area (Å²) in [4.78, 5) is 17.3. The SMILES string of the molecule is Cc1ccc(C)c2sc(NC(=O)c3cccc(OCc4ccccc4)c3)nc12. The van der Waals surface area contributed by atoms with Crippen LogP contribution < -0.4 is 10.1 Å². The van der Waals surface area contributed by atoms with Crippen LogP contribution in [0, 0.1) is 13.8 Å². The van der Waals surface area contributed by atoms with Crippen LogP contribution in [0.2, 0.25) is 0 Å². The predicted molar refractivity (Wildman–Crippen MR) is 114 cm³/mol. The number of thiazole rings is 1. The monoisotopic (exact) mass is 388 g/mol. The molecule has 0 saturated heterocycles. The molecule has 0 aliphatic carbocycles. The van der Waals surface area contributed by atoms with Crippen LogP contribution in [0.15, 0.2) is 66.7 Å². The minimum Gasteiger partial charge on any atom is -0.489 e. The number of nitrogens with zero attached hydrogens (tertiary/aromatic N) is 1. The molecule has 4 rings (SSSR count). The first-order valence-electron chi connectivity index (χ1n) is 9.05. The van der Waals surface area contributed by atoms with Crippen LogP contribution in [-0.2, 0) is 6.61 Å². The number of aryl methyl sites for hydroxylation is 2. The van der Waals surface area contributed by atoms with Gasteiger partial charge in [0.05, 0.1) is 10.2 Å². The lowest BCUT2D eigenvalue weighted by Crippen LogP contribution is -2.11. The number of ether oxygens (including phenoxy) is 1. The van der Waals surface area contributed by atoms with Crippen molar-refractivity contribution in [3.63, 3.8) is 0 Å². The van der Waals surface area contributed by atoms with Crippen LogP contribution in [0.1, 0.15) is 27.0 Å². The lowest BCUT2D eigenvalue weighted by Gasteiger charge is -2.08. The van der Waals surface area contributed by atoms with Gasteiger partial charge in [0.15, 0.2) is 5.13 Å². The Labute approximate surface area is 167 Å². The minimum absolute atomic E-state index is 0.195. The Kier molecular flexibility index (Phi) is 5.08. The first-order chi connectivity index (χ1) is 13.6. The molecule has 0 unspecified atom stereocenters. The van der Waals surface area contributed by atoms with E-state index in [0.717, 1.165) is 26.9 Å². The maximum absolute atomic E-state index is 12.7. The molecule has 4 nitrogen and oxygen atoms in total. The third kappa shape index (κ3) is 3.89. The highest BCUT2D eigenvalue weighted by Gasteiger charge is 2.13. The van der Waals surface area contributed by atoms with Crippen molar-refractivity contribution in [2.45, 2.75) is 20.5 Å². The lowest BCUT2D eigenvalue weighted by molar-refractivity contribution is 0.102. The summed E-state index contributed by atoms with van der Waals surface area (Å²) >= 11 is 1.50. The van der Waals surface area contributed by atoms with Gasteiger partial charge >= 0.3 is 0 Å². The second-order valence-electron chi connectivity index (χ2n) is 6.65. The summed E-state index contributed by atoms with van der Waals surface area (Å²) in [6, 6.07) is 21.3. The zero-order valence-corrected chi connectivity index (χ0v) is 16.5. The predicted octanol–water partition coefficient (Wildman–Crippen LogP) is 5.74. The van der Waals surface area contributed by atoms with E-state index in [1.54, 1.807) is 12.1 Å². The number of rotatable bonds is 5. The molecule has 0 radical (unpaired) electrons. The summed E-state index contributed by atoms with van der Waals surface area (Å²) < 4.78 is 6.93. The van der Waals surface area contributed by atoms with Crippen molar-refractivity contribution in [3.05, 3.63) is 89.0 Å². The molecular formula is C23H20N2O2S. The van der Waals surface area contributed by atoms with Gasteiger partial charge in [-0.2, -0.15) is 0 Å². The molecule has 0 spiro atoms. The minimum atomic E-state index is -0.195. The highest BCUT2D eigenvalue weighted by atomic mass is 32.1. The fourth-order valence-electron chi connectivity index (χ4n) is 2.95. The molecule has 0 aliphatic heterocycles. The molecule has 1 N–H and O–H groups in total. The molecule has 0 atom stereocenters. The zero-order chi connectivity index (χ0) is 19.5. The summed E-state index contributed by atoms with van der Waals surface area (Å²) in [5.74, 6) is 0.465. The number of aromatic nitrogens is 1. The van der Waals surface area contributed by atoms with E-state index in [2.05, 4.69) is 29.4 Å². The molecule has 3 aromatic carbocycles. The Bertz CT molecular complexity index is 1100. The topological polar surface area (TPSA) is 51.2 Å². The van der Waals surface area contributed by atoms with E-state index in [0.29, 0.717) is 23.1 Å². The molecular weight excluding hydrogens is 368 g/mol. The van der Waals surface area contributed by atoms with Gasteiger partial charge in [-0.25, -0.2) is 4.98 Å². The van der Waals surface area contributed by atoms with Gasteiger partial charge in [0.25, 0.3) is 5.91 Å². The van der Waals surface area contributed by atoms with Gasteiger partial charge in [0, 0.05) is 5.56 Å². The molecule has 1 heterocycles. The quantitative estimate of drug-likeness (QED) is 0.474. The number of hydrogen-bond donors (Lipinski definition) is 1. The van der Waals surface area contributed by atoms with Crippen LogP contribution in [0.3, 0.4) is 0 Å². The summed E-state index contributed by atoms with van der Waals surface area (Å²) in [7, 11) is 0. The number of nitrogens with one attached hydrogen (secondary N) is 1. The van der Waals surface area contributed by atoms with Crippen molar-refractivity contribution in [2.75, 3.05) is 5.32 Å². The van der Waals surface area contributed by atoms with Gasteiger partial charge in [-0.1, -0.05) is 59.9 Å². The number of amides is 1. The Hall–Kier alpha value is -3.18. The smallest absolute Gasteiger partial charge is 0.257 e. The number of fused-ring (bicyclic) bond motifs is 1. The maximum atomic E-state index is 12.7. The second kappa shape index (κ2) is 7.82. The van der Waals surface area contributed by atoms with Crippen LogP contribution in [0.5, 0.6) is 5.75 Å². The Morgan fingerprint density at radius 2 is 1.79 bits per heavy atom. The first kappa shape index (κ1) is 18.2. The first-order valence-corrected chi connectivity index (χ1v) is 9.87. The average Bonchev–Trinajstić information content (AvgIpc) is 3.15. The van der Waals surface area contributed by atoms with E-state index >= 15 is 0 Å². The molecule has 4 aromatic rings. The molecule has 5 heteroatoms. The maximum Gasteiger partial charge on any atom is 0.257 e. The third-order valence-corrected chi connectivity index (χ3v) is 5.61. The van der Waals surface area contributed by atoms with Crippen LogP contribution in [-0.4, -0.2) is 10.9 Å². The van der Waals surface area contributed by atoms with E-state index in [4.69, 9.17) is 4.74 Å². The van der Waals surface area contributed by atoms with Crippen molar-refractivity contribution >= 4 is 32.6 Å².